The van der Waals surface area contributed by atoms with Crippen LogP contribution in [0.3, 0.4) is 0 Å². The molecule has 10 rings (SSSR count). The van der Waals surface area contributed by atoms with E-state index in [1.165, 1.54) is 24.3 Å². The van der Waals surface area contributed by atoms with Crippen LogP contribution in [0.15, 0.2) is 121 Å². The summed E-state index contributed by atoms with van der Waals surface area (Å²) in [4.78, 5) is 39.5. The molecule has 4 atom stereocenters. The highest BCUT2D eigenvalue weighted by Gasteiger charge is 2.41. The van der Waals surface area contributed by atoms with Gasteiger partial charge in [0.2, 0.25) is 0 Å². The van der Waals surface area contributed by atoms with E-state index in [1.54, 1.807) is 51.1 Å². The summed E-state index contributed by atoms with van der Waals surface area (Å²) < 4.78 is 53.5. The Morgan fingerprint density at radius 2 is 1.00 bits per heavy atom. The molecule has 0 N–H and O–H groups in total. The average Bonchev–Trinajstić information content (AvgIpc) is 3.98. The van der Waals surface area contributed by atoms with E-state index in [0.717, 1.165) is 69.0 Å². The first kappa shape index (κ1) is 44.3. The molecular weight excluding hydrogens is 843 g/mol. The first-order chi connectivity index (χ1) is 32.1. The highest BCUT2D eigenvalue weighted by Crippen LogP contribution is 2.38. The zero-order chi connectivity index (χ0) is 45.9. The van der Waals surface area contributed by atoms with Crippen LogP contribution in [0, 0.1) is 25.5 Å². The number of ether oxygens (including phenoxy) is 4. The van der Waals surface area contributed by atoms with E-state index in [0.29, 0.717) is 50.8 Å². The molecule has 14 heteroatoms. The second-order valence-electron chi connectivity index (χ2n) is 17.1. The smallest absolute Gasteiger partial charge is 0.250 e. The minimum absolute atomic E-state index is 0.0113. The molecule has 0 spiro atoms. The standard InChI is InChI=1S/2C26H26FN3O3/c2*1-17-13-29(16-28-17)23-10-3-18(12-25(23)32-2)11-20-6-9-22-14-33-15-24(30(22)26(20)31)19-4-7-21(27)8-5-19/h2*3-5,7-8,10-13,16,22,24H,6,9,14-15H2,1-2H3/b2*20-11+/t2*22-,24+/m10/s1. The van der Waals surface area contributed by atoms with Gasteiger partial charge >= 0.3 is 0 Å². The predicted molar refractivity (Wildman–Crippen MR) is 245 cm³/mol. The van der Waals surface area contributed by atoms with Crippen molar-refractivity contribution in [1.82, 2.24) is 28.9 Å². The van der Waals surface area contributed by atoms with Crippen LogP contribution >= 0.6 is 0 Å². The number of amides is 2. The summed E-state index contributed by atoms with van der Waals surface area (Å²) in [5.41, 5.74) is 8.72. The number of aryl methyl sites for hydroxylation is 2. The number of halogens is 2. The molecule has 4 aliphatic heterocycles. The number of piperidine rings is 2. The molecule has 6 aromatic rings. The second-order valence-corrected chi connectivity index (χ2v) is 17.1. The summed E-state index contributed by atoms with van der Waals surface area (Å²) in [6, 6.07) is 24.1. The number of carbonyl (C=O) groups excluding carboxylic acids is 2. The van der Waals surface area contributed by atoms with Gasteiger partial charge in [0, 0.05) is 23.5 Å². The maximum Gasteiger partial charge on any atom is 0.250 e. The van der Waals surface area contributed by atoms with Crippen LogP contribution in [0.4, 0.5) is 8.78 Å². The number of methoxy groups -OCH3 is 2. The Bertz CT molecular complexity index is 2590. The quantitative estimate of drug-likeness (QED) is 0.139. The lowest BCUT2D eigenvalue weighted by Gasteiger charge is -2.45. The molecule has 4 aromatic carbocycles. The topological polar surface area (TPSA) is 113 Å². The number of fused-ring (bicyclic) bond motifs is 2. The fourth-order valence-corrected chi connectivity index (χ4v) is 9.37. The Labute approximate surface area is 382 Å². The lowest BCUT2D eigenvalue weighted by Crippen LogP contribution is -2.53. The monoisotopic (exact) mass is 894 g/mol. The van der Waals surface area contributed by atoms with Crippen molar-refractivity contribution in [1.29, 1.82) is 0 Å². The van der Waals surface area contributed by atoms with Crippen molar-refractivity contribution >= 4 is 24.0 Å². The van der Waals surface area contributed by atoms with E-state index in [9.17, 15) is 18.4 Å². The van der Waals surface area contributed by atoms with Gasteiger partial charge in [-0.05, 0) is 122 Å². The molecule has 4 saturated heterocycles. The predicted octanol–water partition coefficient (Wildman–Crippen LogP) is 8.95. The number of hydrogen-bond donors (Lipinski definition) is 0. The molecule has 2 amide bonds. The molecule has 0 radical (unpaired) electrons. The first-order valence-electron chi connectivity index (χ1n) is 22.2. The number of morpholine rings is 2. The van der Waals surface area contributed by atoms with E-state index < -0.39 is 0 Å². The van der Waals surface area contributed by atoms with E-state index in [-0.39, 0.29) is 47.6 Å². The van der Waals surface area contributed by atoms with Crippen LogP contribution in [-0.2, 0) is 19.1 Å². The Morgan fingerprint density at radius 3 is 1.36 bits per heavy atom. The third kappa shape index (κ3) is 9.29. The second kappa shape index (κ2) is 19.3. The minimum Gasteiger partial charge on any atom is -0.495 e. The summed E-state index contributed by atoms with van der Waals surface area (Å²) in [6.45, 7) is 5.76. The molecule has 0 unspecified atom stereocenters. The van der Waals surface area contributed by atoms with Crippen molar-refractivity contribution in [2.45, 2.75) is 63.7 Å². The zero-order valence-corrected chi connectivity index (χ0v) is 37.4. The number of carbonyl (C=O) groups is 2. The van der Waals surface area contributed by atoms with Crippen molar-refractivity contribution in [3.05, 3.63) is 166 Å². The lowest BCUT2D eigenvalue weighted by atomic mass is 9.91. The number of imidazole rings is 2. The summed E-state index contributed by atoms with van der Waals surface area (Å²) >= 11 is 0. The maximum absolute atomic E-state index is 13.5. The Balaban J connectivity index is 0.000000166. The van der Waals surface area contributed by atoms with E-state index in [2.05, 4.69) is 9.97 Å². The van der Waals surface area contributed by atoms with Gasteiger partial charge in [0.1, 0.15) is 23.1 Å². The molecular formula is C52H52F2N6O6. The van der Waals surface area contributed by atoms with Gasteiger partial charge in [-0.15, -0.1) is 0 Å². The highest BCUT2D eigenvalue weighted by molar-refractivity contribution is 6.00. The van der Waals surface area contributed by atoms with Crippen molar-refractivity contribution in [2.75, 3.05) is 40.6 Å². The van der Waals surface area contributed by atoms with Gasteiger partial charge in [-0.2, -0.15) is 0 Å². The van der Waals surface area contributed by atoms with E-state index in [4.69, 9.17) is 18.9 Å². The van der Waals surface area contributed by atoms with Crippen LogP contribution in [0.1, 0.15) is 71.4 Å². The van der Waals surface area contributed by atoms with Gasteiger partial charge in [0.25, 0.3) is 11.8 Å². The summed E-state index contributed by atoms with van der Waals surface area (Å²) in [7, 11) is 3.27. The molecule has 12 nitrogen and oxygen atoms in total. The van der Waals surface area contributed by atoms with Crippen molar-refractivity contribution in [2.24, 2.45) is 0 Å². The number of nitrogens with zero attached hydrogens (tertiary/aromatic N) is 6. The molecule has 340 valence electrons. The highest BCUT2D eigenvalue weighted by atomic mass is 19.1. The van der Waals surface area contributed by atoms with Crippen LogP contribution in [-0.4, -0.2) is 93.4 Å². The van der Waals surface area contributed by atoms with Gasteiger partial charge in [-0.1, -0.05) is 36.4 Å². The fraction of sp³-hybridized carbons (Fsp3) is 0.308. The summed E-state index contributed by atoms with van der Waals surface area (Å²) in [6.07, 6.45) is 14.3. The molecule has 6 heterocycles. The maximum atomic E-state index is 13.5. The average molecular weight is 895 g/mol. The van der Waals surface area contributed by atoms with Gasteiger partial charge < -0.3 is 37.9 Å². The molecule has 0 aliphatic carbocycles. The molecule has 0 saturated carbocycles. The fourth-order valence-electron chi connectivity index (χ4n) is 9.37. The molecule has 4 aliphatic rings. The largest absolute Gasteiger partial charge is 0.495 e. The lowest BCUT2D eigenvalue weighted by molar-refractivity contribution is -0.146. The SMILES string of the molecule is COc1cc(/C=C2\CC[C@@H]3COC[C@@H](c4ccc(F)cc4)N3C2=O)ccc1-n1cnc(C)c1.COc1cc(/C=C2\CC[C@H]3COC[C@H](c4ccc(F)cc4)N3C2=O)ccc1-n1cnc(C)c1. The molecule has 66 heavy (non-hydrogen) atoms. The molecule has 4 fully saturated rings. The summed E-state index contributed by atoms with van der Waals surface area (Å²) in [5.74, 6) is 0.854. The van der Waals surface area contributed by atoms with Crippen LogP contribution in [0.2, 0.25) is 0 Å². The number of benzene rings is 4. The third-order valence-electron chi connectivity index (χ3n) is 12.7. The Morgan fingerprint density at radius 1 is 0.591 bits per heavy atom. The number of rotatable bonds is 8. The van der Waals surface area contributed by atoms with Crippen LogP contribution in [0.25, 0.3) is 23.5 Å². The molecule has 0 bridgehead atoms. The van der Waals surface area contributed by atoms with Gasteiger partial charge in [-0.25, -0.2) is 18.7 Å². The molecule has 2 aromatic heterocycles. The van der Waals surface area contributed by atoms with Crippen molar-refractivity contribution < 1.29 is 37.3 Å². The first-order valence-corrected chi connectivity index (χ1v) is 22.2. The van der Waals surface area contributed by atoms with Crippen molar-refractivity contribution in [3.63, 3.8) is 0 Å². The van der Waals surface area contributed by atoms with Crippen molar-refractivity contribution in [3.8, 4) is 22.9 Å². The third-order valence-corrected chi connectivity index (χ3v) is 12.7. The minimum atomic E-state index is -0.291. The number of aromatic nitrogens is 4. The van der Waals surface area contributed by atoms with Gasteiger partial charge in [0.15, 0.2) is 0 Å². The Hall–Kier alpha value is -6.90. The van der Waals surface area contributed by atoms with Crippen LogP contribution in [0.5, 0.6) is 11.5 Å². The Kier molecular flexibility index (Phi) is 12.9. The van der Waals surface area contributed by atoms with Crippen LogP contribution < -0.4 is 9.47 Å². The van der Waals surface area contributed by atoms with Gasteiger partial charge in [0.05, 0.1) is 100 Å². The zero-order valence-electron chi connectivity index (χ0n) is 37.4. The number of hydrogen-bond acceptors (Lipinski definition) is 8. The van der Waals surface area contributed by atoms with E-state index in [1.807, 2.05) is 93.7 Å². The van der Waals surface area contributed by atoms with Gasteiger partial charge in [-0.3, -0.25) is 9.59 Å². The summed E-state index contributed by atoms with van der Waals surface area (Å²) in [5, 5.41) is 0. The normalized spacial score (nSPS) is 21.8. The van der Waals surface area contributed by atoms with E-state index >= 15 is 0 Å².